The van der Waals surface area contributed by atoms with Crippen LogP contribution in [0.4, 0.5) is 5.69 Å². The summed E-state index contributed by atoms with van der Waals surface area (Å²) >= 11 is 7.88. The van der Waals surface area contributed by atoms with Gasteiger partial charge in [-0.25, -0.2) is 4.99 Å². The van der Waals surface area contributed by atoms with Gasteiger partial charge in [-0.1, -0.05) is 17.7 Å². The van der Waals surface area contributed by atoms with Crippen LogP contribution in [0.15, 0.2) is 35.3 Å². The standard InChI is InChI=1S/C19H25ClN4OS/c1-4-21-19(23-12-15-7-6-14(3)26-15)22-10-9-18(25)24-17-8-5-13(2)11-16(17)20/h5-8,11H,4,9-10,12H2,1-3H3,(H,24,25)(H2,21,22,23). The summed E-state index contributed by atoms with van der Waals surface area (Å²) in [5.41, 5.74) is 1.69. The van der Waals surface area contributed by atoms with Crippen LogP contribution in [0.25, 0.3) is 0 Å². The number of hydrogen-bond acceptors (Lipinski definition) is 3. The highest BCUT2D eigenvalue weighted by molar-refractivity contribution is 7.11. The molecule has 2 rings (SSSR count). The molecule has 1 aromatic heterocycles. The Kier molecular flexibility index (Phi) is 7.94. The predicted octanol–water partition coefficient (Wildman–Crippen LogP) is 4.10. The zero-order valence-electron chi connectivity index (χ0n) is 15.4. The Morgan fingerprint density at radius 2 is 2.00 bits per heavy atom. The van der Waals surface area contributed by atoms with Gasteiger partial charge < -0.3 is 16.0 Å². The number of rotatable bonds is 7. The Morgan fingerprint density at radius 3 is 2.65 bits per heavy atom. The molecule has 0 radical (unpaired) electrons. The van der Waals surface area contributed by atoms with E-state index in [4.69, 9.17) is 11.6 Å². The quantitative estimate of drug-likeness (QED) is 0.491. The molecule has 0 atom stereocenters. The maximum Gasteiger partial charge on any atom is 0.226 e. The van der Waals surface area contributed by atoms with Crippen LogP contribution in [0.2, 0.25) is 5.02 Å². The van der Waals surface area contributed by atoms with E-state index in [9.17, 15) is 4.79 Å². The summed E-state index contributed by atoms with van der Waals surface area (Å²) in [6.07, 6.45) is 0.326. The van der Waals surface area contributed by atoms with Gasteiger partial charge in [0, 0.05) is 29.3 Å². The smallest absolute Gasteiger partial charge is 0.226 e. The van der Waals surface area contributed by atoms with Crippen LogP contribution in [0.5, 0.6) is 0 Å². The predicted molar refractivity (Wildman–Crippen MR) is 111 cm³/mol. The van der Waals surface area contributed by atoms with Crippen LogP contribution in [-0.4, -0.2) is 25.0 Å². The average Bonchev–Trinajstić information content (AvgIpc) is 3.00. The van der Waals surface area contributed by atoms with Gasteiger partial charge in [0.1, 0.15) is 0 Å². The van der Waals surface area contributed by atoms with Gasteiger partial charge in [-0.15, -0.1) is 11.3 Å². The molecule has 1 aromatic carbocycles. The molecule has 0 unspecified atom stereocenters. The van der Waals surface area contributed by atoms with Gasteiger partial charge >= 0.3 is 0 Å². The van der Waals surface area contributed by atoms with Crippen molar-refractivity contribution in [3.63, 3.8) is 0 Å². The van der Waals surface area contributed by atoms with E-state index in [1.165, 1.54) is 9.75 Å². The molecule has 3 N–H and O–H groups in total. The number of halogens is 1. The summed E-state index contributed by atoms with van der Waals surface area (Å²) in [6, 6.07) is 9.75. The number of carbonyl (C=O) groups is 1. The van der Waals surface area contributed by atoms with Crippen molar-refractivity contribution < 1.29 is 4.79 Å². The third kappa shape index (κ3) is 6.69. The van der Waals surface area contributed by atoms with E-state index >= 15 is 0 Å². The lowest BCUT2D eigenvalue weighted by atomic mass is 10.2. The van der Waals surface area contributed by atoms with Crippen LogP contribution < -0.4 is 16.0 Å². The maximum atomic E-state index is 12.1. The van der Waals surface area contributed by atoms with Crippen LogP contribution in [0.1, 0.15) is 28.7 Å². The Morgan fingerprint density at radius 1 is 1.19 bits per heavy atom. The first-order chi connectivity index (χ1) is 12.5. The highest BCUT2D eigenvalue weighted by Crippen LogP contribution is 2.22. The van der Waals surface area contributed by atoms with E-state index in [-0.39, 0.29) is 5.91 Å². The summed E-state index contributed by atoms with van der Waals surface area (Å²) in [6.45, 7) is 7.93. The molecule has 0 bridgehead atoms. The molecule has 5 nitrogen and oxygen atoms in total. The zero-order chi connectivity index (χ0) is 18.9. The second-order valence-electron chi connectivity index (χ2n) is 5.92. The summed E-state index contributed by atoms with van der Waals surface area (Å²) in [7, 11) is 0. The van der Waals surface area contributed by atoms with Crippen LogP contribution >= 0.6 is 22.9 Å². The Bertz CT molecular complexity index is 773. The molecular weight excluding hydrogens is 368 g/mol. The van der Waals surface area contributed by atoms with Gasteiger partial charge in [-0.05, 0) is 50.6 Å². The van der Waals surface area contributed by atoms with Gasteiger partial charge in [0.2, 0.25) is 5.91 Å². The van der Waals surface area contributed by atoms with E-state index in [0.29, 0.717) is 36.2 Å². The first-order valence-corrected chi connectivity index (χ1v) is 9.81. The first kappa shape index (κ1) is 20.3. The third-order valence-electron chi connectivity index (χ3n) is 3.58. The molecular formula is C19H25ClN4OS. The number of nitrogens with one attached hydrogen (secondary N) is 3. The molecule has 0 fully saturated rings. The minimum Gasteiger partial charge on any atom is -0.357 e. The van der Waals surface area contributed by atoms with Crippen molar-refractivity contribution in [2.45, 2.75) is 33.7 Å². The Balaban J connectivity index is 1.81. The van der Waals surface area contributed by atoms with Crippen molar-refractivity contribution in [2.24, 2.45) is 4.99 Å². The molecule has 1 heterocycles. The van der Waals surface area contributed by atoms with Crippen LogP contribution in [-0.2, 0) is 11.3 Å². The summed E-state index contributed by atoms with van der Waals surface area (Å²) < 4.78 is 0. The topological polar surface area (TPSA) is 65.5 Å². The molecule has 0 aliphatic carbocycles. The number of benzene rings is 1. The fourth-order valence-corrected chi connectivity index (χ4v) is 3.39. The van der Waals surface area contributed by atoms with Gasteiger partial charge in [-0.3, -0.25) is 4.79 Å². The highest BCUT2D eigenvalue weighted by atomic mass is 35.5. The van der Waals surface area contributed by atoms with Crippen LogP contribution in [0.3, 0.4) is 0 Å². The second-order valence-corrected chi connectivity index (χ2v) is 7.70. The lowest BCUT2D eigenvalue weighted by Gasteiger charge is -2.12. The SMILES string of the molecule is CCNC(=NCc1ccc(C)s1)NCCC(=O)Nc1ccc(C)cc1Cl. The van der Waals surface area contributed by atoms with Crippen molar-refractivity contribution in [2.75, 3.05) is 18.4 Å². The Hall–Kier alpha value is -2.05. The minimum atomic E-state index is -0.0898. The largest absolute Gasteiger partial charge is 0.357 e. The van der Waals surface area contributed by atoms with Gasteiger partial charge in [0.15, 0.2) is 5.96 Å². The number of aryl methyl sites for hydroxylation is 2. The number of anilines is 1. The summed E-state index contributed by atoms with van der Waals surface area (Å²) in [5, 5.41) is 9.76. The van der Waals surface area contributed by atoms with Gasteiger partial charge in [0.05, 0.1) is 17.3 Å². The van der Waals surface area contributed by atoms with Crippen molar-refractivity contribution in [1.29, 1.82) is 0 Å². The van der Waals surface area contributed by atoms with E-state index in [1.54, 1.807) is 11.3 Å². The zero-order valence-corrected chi connectivity index (χ0v) is 16.9. The lowest BCUT2D eigenvalue weighted by molar-refractivity contribution is -0.116. The minimum absolute atomic E-state index is 0.0898. The monoisotopic (exact) mass is 392 g/mol. The molecule has 1 amide bonds. The normalized spacial score (nSPS) is 11.3. The van der Waals surface area contributed by atoms with Gasteiger partial charge in [0.25, 0.3) is 0 Å². The first-order valence-electron chi connectivity index (χ1n) is 8.61. The van der Waals surface area contributed by atoms with Crippen molar-refractivity contribution in [3.05, 3.63) is 50.7 Å². The third-order valence-corrected chi connectivity index (χ3v) is 4.87. The lowest BCUT2D eigenvalue weighted by Crippen LogP contribution is -2.38. The summed E-state index contributed by atoms with van der Waals surface area (Å²) in [4.78, 5) is 19.1. The molecule has 7 heteroatoms. The number of carbonyl (C=O) groups excluding carboxylic acids is 1. The van der Waals surface area contributed by atoms with Gasteiger partial charge in [-0.2, -0.15) is 0 Å². The second kappa shape index (κ2) is 10.2. The average molecular weight is 393 g/mol. The highest BCUT2D eigenvalue weighted by Gasteiger charge is 2.07. The molecule has 140 valence electrons. The Labute approximate surface area is 163 Å². The maximum absolute atomic E-state index is 12.1. The fraction of sp³-hybridized carbons (Fsp3) is 0.368. The van der Waals surface area contributed by atoms with E-state index in [0.717, 1.165) is 12.1 Å². The molecule has 0 saturated heterocycles. The van der Waals surface area contributed by atoms with Crippen molar-refractivity contribution in [1.82, 2.24) is 10.6 Å². The van der Waals surface area contributed by atoms with E-state index in [1.807, 2.05) is 32.0 Å². The molecule has 26 heavy (non-hydrogen) atoms. The van der Waals surface area contributed by atoms with Crippen LogP contribution in [0, 0.1) is 13.8 Å². The number of nitrogens with zero attached hydrogens (tertiary/aromatic N) is 1. The van der Waals surface area contributed by atoms with Crippen molar-refractivity contribution >= 4 is 40.5 Å². The fourth-order valence-electron chi connectivity index (χ4n) is 2.30. The molecule has 0 aliphatic heterocycles. The van der Waals surface area contributed by atoms with E-state index in [2.05, 4.69) is 40.0 Å². The van der Waals surface area contributed by atoms with E-state index < -0.39 is 0 Å². The number of guanidine groups is 1. The molecule has 0 saturated carbocycles. The number of hydrogen-bond donors (Lipinski definition) is 3. The molecule has 0 spiro atoms. The molecule has 2 aromatic rings. The number of thiophene rings is 1. The number of amides is 1. The summed E-state index contributed by atoms with van der Waals surface area (Å²) in [5.74, 6) is 0.618. The molecule has 0 aliphatic rings. The number of aliphatic imine (C=N–C) groups is 1. The van der Waals surface area contributed by atoms with Crippen molar-refractivity contribution in [3.8, 4) is 0 Å².